The van der Waals surface area contributed by atoms with Crippen molar-refractivity contribution in [3.8, 4) is 23.1 Å². The van der Waals surface area contributed by atoms with Crippen molar-refractivity contribution in [3.05, 3.63) is 54.3 Å². The summed E-state index contributed by atoms with van der Waals surface area (Å²) in [6, 6.07) is 12.2. The van der Waals surface area contributed by atoms with Crippen LogP contribution in [-0.2, 0) is 0 Å². The molecule has 140 valence electrons. The smallest absolute Gasteiger partial charge is 0.319 e. The lowest BCUT2D eigenvalue weighted by atomic mass is 10.2. The van der Waals surface area contributed by atoms with Crippen LogP contribution in [0, 0.1) is 6.92 Å². The molecule has 3 aromatic rings. The van der Waals surface area contributed by atoms with E-state index in [1.165, 1.54) is 0 Å². The lowest BCUT2D eigenvalue weighted by Gasteiger charge is -2.12. The van der Waals surface area contributed by atoms with E-state index >= 15 is 0 Å². The third-order valence-corrected chi connectivity index (χ3v) is 3.65. The van der Waals surface area contributed by atoms with Crippen molar-refractivity contribution in [1.82, 2.24) is 15.5 Å². The lowest BCUT2D eigenvalue weighted by molar-refractivity contribution is 0.246. The molecule has 0 saturated heterocycles. The van der Waals surface area contributed by atoms with Gasteiger partial charge in [-0.15, -0.1) is 10.2 Å². The molecule has 8 nitrogen and oxygen atoms in total. The van der Waals surface area contributed by atoms with Crippen LogP contribution in [-0.4, -0.2) is 36.5 Å². The first-order valence-corrected chi connectivity index (χ1v) is 8.35. The van der Waals surface area contributed by atoms with E-state index in [2.05, 4.69) is 20.8 Å². The summed E-state index contributed by atoms with van der Waals surface area (Å²) in [5.74, 6) is 1.60. The molecule has 2 amide bonds. The van der Waals surface area contributed by atoms with Gasteiger partial charge in [0.25, 0.3) is 0 Å². The van der Waals surface area contributed by atoms with Gasteiger partial charge in [-0.3, -0.25) is 0 Å². The van der Waals surface area contributed by atoms with E-state index in [-0.39, 0.29) is 12.6 Å². The molecule has 2 aromatic heterocycles. The van der Waals surface area contributed by atoms with Crippen LogP contribution in [0.25, 0.3) is 11.5 Å². The van der Waals surface area contributed by atoms with Crippen LogP contribution in [0.3, 0.4) is 0 Å². The molecule has 1 aromatic carbocycles. The van der Waals surface area contributed by atoms with E-state index in [0.717, 1.165) is 5.56 Å². The second-order valence-electron chi connectivity index (χ2n) is 5.67. The van der Waals surface area contributed by atoms with Crippen molar-refractivity contribution in [2.75, 3.05) is 25.6 Å². The summed E-state index contributed by atoms with van der Waals surface area (Å²) in [5, 5.41) is 13.5. The predicted molar refractivity (Wildman–Crippen MR) is 100.0 cm³/mol. The number of ether oxygens (including phenoxy) is 2. The molecule has 0 saturated carbocycles. The first-order chi connectivity index (χ1) is 13.2. The number of aromatic nitrogens is 2. The van der Waals surface area contributed by atoms with Gasteiger partial charge in [-0.1, -0.05) is 6.07 Å². The lowest BCUT2D eigenvalue weighted by Crippen LogP contribution is -2.32. The summed E-state index contributed by atoms with van der Waals surface area (Å²) < 4.78 is 16.0. The Bertz CT molecular complexity index is 879. The number of furan rings is 1. The second-order valence-corrected chi connectivity index (χ2v) is 5.67. The molecule has 2 N–H and O–H groups in total. The monoisotopic (exact) mass is 368 g/mol. The summed E-state index contributed by atoms with van der Waals surface area (Å²) in [6.45, 7) is 2.50. The molecule has 0 unspecified atom stereocenters. The van der Waals surface area contributed by atoms with Gasteiger partial charge in [-0.05, 0) is 42.8 Å². The Labute approximate surface area is 156 Å². The predicted octanol–water partition coefficient (Wildman–Crippen LogP) is 3.25. The maximum atomic E-state index is 12.0. The van der Waals surface area contributed by atoms with Crippen molar-refractivity contribution in [3.63, 3.8) is 0 Å². The number of hydrogen-bond donors (Lipinski definition) is 2. The summed E-state index contributed by atoms with van der Waals surface area (Å²) in [4.78, 5) is 12.0. The Morgan fingerprint density at radius 3 is 2.78 bits per heavy atom. The fourth-order valence-electron chi connectivity index (χ4n) is 2.36. The van der Waals surface area contributed by atoms with E-state index in [0.29, 0.717) is 35.3 Å². The maximum absolute atomic E-state index is 12.0. The Hall–Kier alpha value is -3.55. The number of benzene rings is 1. The summed E-state index contributed by atoms with van der Waals surface area (Å²) in [7, 11) is 1.56. The van der Waals surface area contributed by atoms with Crippen LogP contribution in [0.1, 0.15) is 5.56 Å². The number of carbonyl (C=O) groups is 1. The normalized spacial score (nSPS) is 10.3. The minimum atomic E-state index is -0.346. The van der Waals surface area contributed by atoms with Crippen molar-refractivity contribution in [1.29, 1.82) is 0 Å². The van der Waals surface area contributed by atoms with E-state index in [9.17, 15) is 4.79 Å². The second kappa shape index (κ2) is 8.70. The van der Waals surface area contributed by atoms with Gasteiger partial charge in [0.2, 0.25) is 5.88 Å². The number of carbonyl (C=O) groups excluding carboxylic acids is 1. The van der Waals surface area contributed by atoms with E-state index in [1.54, 1.807) is 43.7 Å². The average Bonchev–Trinajstić information content (AvgIpc) is 3.21. The van der Waals surface area contributed by atoms with Crippen LogP contribution in [0.2, 0.25) is 0 Å². The summed E-state index contributed by atoms with van der Waals surface area (Å²) in [5.41, 5.74) is 2.25. The molecular formula is C19H20N4O4. The number of nitrogens with zero attached hydrogens (tertiary/aromatic N) is 2. The first-order valence-electron chi connectivity index (χ1n) is 8.35. The molecule has 0 fully saturated rings. The Balaban J connectivity index is 1.43. The zero-order valence-electron chi connectivity index (χ0n) is 15.1. The first kappa shape index (κ1) is 18.2. The van der Waals surface area contributed by atoms with Gasteiger partial charge < -0.3 is 24.5 Å². The minimum Gasteiger partial charge on any atom is -0.495 e. The number of urea groups is 1. The van der Waals surface area contributed by atoms with Gasteiger partial charge in [0, 0.05) is 6.07 Å². The van der Waals surface area contributed by atoms with E-state index < -0.39 is 0 Å². The maximum Gasteiger partial charge on any atom is 0.319 e. The van der Waals surface area contributed by atoms with Crippen molar-refractivity contribution < 1.29 is 18.7 Å². The van der Waals surface area contributed by atoms with Crippen LogP contribution in [0.15, 0.2) is 53.1 Å². The quantitative estimate of drug-likeness (QED) is 0.621. The van der Waals surface area contributed by atoms with E-state index in [4.69, 9.17) is 13.9 Å². The van der Waals surface area contributed by atoms with Gasteiger partial charge >= 0.3 is 6.03 Å². The third-order valence-electron chi connectivity index (χ3n) is 3.65. The topological polar surface area (TPSA) is 98.5 Å². The molecule has 0 aliphatic rings. The van der Waals surface area contributed by atoms with Gasteiger partial charge in [0.1, 0.15) is 18.1 Å². The van der Waals surface area contributed by atoms with E-state index in [1.807, 2.05) is 19.1 Å². The molecule has 0 spiro atoms. The number of nitrogens with one attached hydrogen (secondary N) is 2. The molecule has 0 atom stereocenters. The summed E-state index contributed by atoms with van der Waals surface area (Å²) in [6.07, 6.45) is 1.57. The third kappa shape index (κ3) is 4.97. The van der Waals surface area contributed by atoms with Gasteiger partial charge in [0.15, 0.2) is 5.76 Å². The molecule has 8 heteroatoms. The van der Waals surface area contributed by atoms with Gasteiger partial charge in [-0.2, -0.15) is 0 Å². The molecule has 2 heterocycles. The highest BCUT2D eigenvalue weighted by atomic mass is 16.5. The molecule has 27 heavy (non-hydrogen) atoms. The van der Waals surface area contributed by atoms with Crippen molar-refractivity contribution >= 4 is 11.7 Å². The Morgan fingerprint density at radius 2 is 2.07 bits per heavy atom. The Kier molecular flexibility index (Phi) is 5.88. The molecule has 0 bridgehead atoms. The van der Waals surface area contributed by atoms with Gasteiger partial charge in [-0.25, -0.2) is 4.79 Å². The number of anilines is 1. The zero-order chi connectivity index (χ0) is 19.1. The number of amides is 2. The molecule has 3 rings (SSSR count). The number of hydrogen-bond acceptors (Lipinski definition) is 6. The van der Waals surface area contributed by atoms with Crippen LogP contribution >= 0.6 is 0 Å². The molecule has 0 radical (unpaired) electrons. The molecule has 0 aliphatic carbocycles. The van der Waals surface area contributed by atoms with Crippen molar-refractivity contribution in [2.24, 2.45) is 0 Å². The highest BCUT2D eigenvalue weighted by Gasteiger charge is 2.08. The fraction of sp³-hybridized carbons (Fsp3) is 0.211. The average molecular weight is 368 g/mol. The standard InChI is InChI=1S/C19H20N4O4/c1-13-5-7-16(25-2)15(12-13)21-19(24)20-9-11-27-18-8-6-14(22-23-18)17-4-3-10-26-17/h3-8,10,12H,9,11H2,1-2H3,(H2,20,21,24). The van der Waals surface area contributed by atoms with Crippen LogP contribution < -0.4 is 20.1 Å². The van der Waals surface area contributed by atoms with Crippen LogP contribution in [0.5, 0.6) is 11.6 Å². The Morgan fingerprint density at radius 1 is 1.19 bits per heavy atom. The van der Waals surface area contributed by atoms with Crippen LogP contribution in [0.4, 0.5) is 10.5 Å². The fourth-order valence-corrected chi connectivity index (χ4v) is 2.36. The van der Waals surface area contributed by atoms with Crippen molar-refractivity contribution in [2.45, 2.75) is 6.92 Å². The SMILES string of the molecule is COc1ccc(C)cc1NC(=O)NCCOc1ccc(-c2ccco2)nn1. The molecule has 0 aliphatic heterocycles. The molecular weight excluding hydrogens is 348 g/mol. The largest absolute Gasteiger partial charge is 0.495 e. The van der Waals surface area contributed by atoms with Gasteiger partial charge in [0.05, 0.1) is 25.6 Å². The highest BCUT2D eigenvalue weighted by molar-refractivity contribution is 5.91. The number of aryl methyl sites for hydroxylation is 1. The number of methoxy groups -OCH3 is 1. The summed E-state index contributed by atoms with van der Waals surface area (Å²) >= 11 is 0. The highest BCUT2D eigenvalue weighted by Crippen LogP contribution is 2.24. The minimum absolute atomic E-state index is 0.257. The zero-order valence-corrected chi connectivity index (χ0v) is 15.1. The number of rotatable bonds is 7.